The topological polar surface area (TPSA) is 34.2 Å². The fraction of sp³-hybridized carbons (Fsp3) is 0.529. The zero-order chi connectivity index (χ0) is 13.9. The summed E-state index contributed by atoms with van der Waals surface area (Å²) >= 11 is 0. The normalized spacial score (nSPS) is 20.6. The maximum absolute atomic E-state index is 5.87. The first-order chi connectivity index (χ1) is 9.79. The lowest BCUT2D eigenvalue weighted by atomic mass is 10.0. The predicted octanol–water partition coefficient (Wildman–Crippen LogP) is 2.97. The highest BCUT2D eigenvalue weighted by molar-refractivity contribution is 5.83. The molecule has 1 atom stereocenters. The molecule has 1 aromatic carbocycles. The number of likely N-dealkylation sites (tertiary alicyclic amines) is 1. The number of hydrogen-bond acceptors (Lipinski definition) is 2. The van der Waals surface area contributed by atoms with Crippen LogP contribution >= 0.6 is 0 Å². The van der Waals surface area contributed by atoms with Crippen LogP contribution in [0.15, 0.2) is 30.5 Å². The van der Waals surface area contributed by atoms with Crippen molar-refractivity contribution in [1.29, 1.82) is 0 Å². The molecule has 3 rings (SSSR count). The quantitative estimate of drug-likeness (QED) is 0.927. The lowest BCUT2D eigenvalue weighted by Crippen LogP contribution is -2.36. The first-order valence-electron chi connectivity index (χ1n) is 7.76. The van der Waals surface area contributed by atoms with Gasteiger partial charge in [0.05, 0.1) is 0 Å². The first kappa shape index (κ1) is 13.7. The maximum Gasteiger partial charge on any atom is 0.0483 e. The van der Waals surface area contributed by atoms with Crippen molar-refractivity contribution in [3.63, 3.8) is 0 Å². The Bertz CT molecular complexity index is 573. The van der Waals surface area contributed by atoms with Gasteiger partial charge in [0.15, 0.2) is 0 Å². The van der Waals surface area contributed by atoms with E-state index in [0.717, 1.165) is 12.6 Å². The van der Waals surface area contributed by atoms with Crippen LogP contribution in [-0.4, -0.2) is 29.1 Å². The van der Waals surface area contributed by atoms with Crippen molar-refractivity contribution in [2.45, 2.75) is 44.8 Å². The van der Waals surface area contributed by atoms with Crippen LogP contribution in [0.1, 0.15) is 31.2 Å². The summed E-state index contributed by atoms with van der Waals surface area (Å²) in [6, 6.07) is 9.35. The monoisotopic (exact) mass is 271 g/mol. The minimum absolute atomic E-state index is 0.622. The molecule has 2 heterocycles. The third-order valence-corrected chi connectivity index (χ3v) is 4.72. The summed E-state index contributed by atoms with van der Waals surface area (Å²) in [6.07, 6.45) is 7.57. The van der Waals surface area contributed by atoms with Crippen LogP contribution in [0.2, 0.25) is 0 Å². The molecule has 108 valence electrons. The van der Waals surface area contributed by atoms with E-state index in [9.17, 15) is 0 Å². The average molecular weight is 271 g/mol. The number of nitrogens with two attached hydrogens (primary N) is 1. The third-order valence-electron chi connectivity index (χ3n) is 4.72. The van der Waals surface area contributed by atoms with Crippen molar-refractivity contribution >= 4 is 10.9 Å². The first-order valence-corrected chi connectivity index (χ1v) is 7.76. The van der Waals surface area contributed by atoms with Crippen molar-refractivity contribution in [2.24, 2.45) is 5.73 Å². The second-order valence-corrected chi connectivity index (χ2v) is 5.99. The number of aryl methyl sites for hydroxylation is 1. The number of rotatable bonds is 4. The fourth-order valence-electron chi connectivity index (χ4n) is 3.47. The molecule has 0 saturated carbocycles. The van der Waals surface area contributed by atoms with E-state index in [1.165, 1.54) is 48.7 Å². The lowest BCUT2D eigenvalue weighted by Gasteiger charge is -2.32. The van der Waals surface area contributed by atoms with Gasteiger partial charge in [-0.3, -0.25) is 0 Å². The average Bonchev–Trinajstić information content (AvgIpc) is 2.85. The molecule has 1 aliphatic heterocycles. The molecule has 1 unspecified atom stereocenters. The SMILES string of the molecule is CN1CCCCC1CCn1cc(CN)c2ccccc21. The Morgan fingerprint density at radius 1 is 1.25 bits per heavy atom. The molecular formula is C17H25N3. The number of para-hydroxylation sites is 1. The van der Waals surface area contributed by atoms with Crippen LogP contribution in [0.3, 0.4) is 0 Å². The Hall–Kier alpha value is -1.32. The number of benzene rings is 1. The lowest BCUT2D eigenvalue weighted by molar-refractivity contribution is 0.171. The second-order valence-electron chi connectivity index (χ2n) is 5.99. The van der Waals surface area contributed by atoms with Crippen molar-refractivity contribution in [3.8, 4) is 0 Å². The summed E-state index contributed by atoms with van der Waals surface area (Å²) in [5.74, 6) is 0. The third kappa shape index (κ3) is 2.60. The van der Waals surface area contributed by atoms with Crippen molar-refractivity contribution in [2.75, 3.05) is 13.6 Å². The van der Waals surface area contributed by atoms with E-state index < -0.39 is 0 Å². The molecule has 2 aromatic rings. The number of nitrogens with zero attached hydrogens (tertiary/aromatic N) is 2. The van der Waals surface area contributed by atoms with Gasteiger partial charge in [-0.15, -0.1) is 0 Å². The summed E-state index contributed by atoms with van der Waals surface area (Å²) in [4.78, 5) is 2.53. The Morgan fingerprint density at radius 2 is 2.10 bits per heavy atom. The molecule has 0 spiro atoms. The van der Waals surface area contributed by atoms with Crippen LogP contribution in [0, 0.1) is 0 Å². The molecule has 0 aliphatic carbocycles. The summed E-state index contributed by atoms with van der Waals surface area (Å²) in [7, 11) is 2.27. The smallest absolute Gasteiger partial charge is 0.0483 e. The molecule has 20 heavy (non-hydrogen) atoms. The number of hydrogen-bond donors (Lipinski definition) is 1. The van der Waals surface area contributed by atoms with Crippen molar-refractivity contribution < 1.29 is 0 Å². The molecule has 3 nitrogen and oxygen atoms in total. The van der Waals surface area contributed by atoms with E-state index >= 15 is 0 Å². The van der Waals surface area contributed by atoms with Gasteiger partial charge >= 0.3 is 0 Å². The summed E-state index contributed by atoms with van der Waals surface area (Å²) in [6.45, 7) is 2.97. The molecule has 0 amide bonds. The Balaban J connectivity index is 1.77. The van der Waals surface area contributed by atoms with Gasteiger partial charge in [-0.2, -0.15) is 0 Å². The molecule has 1 fully saturated rings. The second kappa shape index (κ2) is 5.98. The minimum Gasteiger partial charge on any atom is -0.347 e. The van der Waals surface area contributed by atoms with Crippen LogP contribution in [-0.2, 0) is 13.1 Å². The Morgan fingerprint density at radius 3 is 2.90 bits per heavy atom. The van der Waals surface area contributed by atoms with E-state index in [1.54, 1.807) is 0 Å². The molecule has 1 saturated heterocycles. The van der Waals surface area contributed by atoms with Gasteiger partial charge in [-0.25, -0.2) is 0 Å². The summed E-state index contributed by atoms with van der Waals surface area (Å²) in [5, 5.41) is 1.31. The summed E-state index contributed by atoms with van der Waals surface area (Å²) in [5.41, 5.74) is 8.46. The number of fused-ring (bicyclic) bond motifs is 1. The summed E-state index contributed by atoms with van der Waals surface area (Å²) < 4.78 is 2.39. The van der Waals surface area contributed by atoms with E-state index in [1.807, 2.05) is 0 Å². The van der Waals surface area contributed by atoms with Gasteiger partial charge in [0.2, 0.25) is 0 Å². The maximum atomic E-state index is 5.87. The molecular weight excluding hydrogens is 246 g/mol. The Labute approximate surface area is 121 Å². The molecule has 2 N–H and O–H groups in total. The van der Waals surface area contributed by atoms with Crippen LogP contribution in [0.5, 0.6) is 0 Å². The fourth-order valence-corrected chi connectivity index (χ4v) is 3.47. The molecule has 0 bridgehead atoms. The highest BCUT2D eigenvalue weighted by atomic mass is 15.1. The van der Waals surface area contributed by atoms with E-state index in [4.69, 9.17) is 5.73 Å². The largest absolute Gasteiger partial charge is 0.347 e. The number of aromatic nitrogens is 1. The molecule has 1 aliphatic rings. The highest BCUT2D eigenvalue weighted by Crippen LogP contribution is 2.23. The van der Waals surface area contributed by atoms with E-state index in [0.29, 0.717) is 6.54 Å². The molecule has 1 aromatic heterocycles. The van der Waals surface area contributed by atoms with Gasteiger partial charge in [0.25, 0.3) is 0 Å². The molecule has 3 heteroatoms. The zero-order valence-electron chi connectivity index (χ0n) is 12.4. The highest BCUT2D eigenvalue weighted by Gasteiger charge is 2.18. The van der Waals surface area contributed by atoms with Crippen molar-refractivity contribution in [3.05, 3.63) is 36.0 Å². The van der Waals surface area contributed by atoms with Gasteiger partial charge in [0, 0.05) is 36.2 Å². The molecule has 0 radical (unpaired) electrons. The van der Waals surface area contributed by atoms with Gasteiger partial charge in [-0.1, -0.05) is 24.6 Å². The zero-order valence-corrected chi connectivity index (χ0v) is 12.4. The van der Waals surface area contributed by atoms with Gasteiger partial charge < -0.3 is 15.2 Å². The van der Waals surface area contributed by atoms with E-state index in [2.05, 4.69) is 47.0 Å². The number of piperidine rings is 1. The van der Waals surface area contributed by atoms with Crippen molar-refractivity contribution in [1.82, 2.24) is 9.47 Å². The van der Waals surface area contributed by atoms with Crippen LogP contribution < -0.4 is 5.73 Å². The van der Waals surface area contributed by atoms with E-state index in [-0.39, 0.29) is 0 Å². The standard InChI is InChI=1S/C17H25N3/c1-19-10-5-4-6-15(19)9-11-20-13-14(12-18)16-7-2-3-8-17(16)20/h2-3,7-8,13,15H,4-6,9-12,18H2,1H3. The van der Waals surface area contributed by atoms with Crippen LogP contribution in [0.4, 0.5) is 0 Å². The Kier molecular flexibility index (Phi) is 4.08. The van der Waals surface area contributed by atoms with Gasteiger partial charge in [-0.05, 0) is 44.5 Å². The predicted molar refractivity (Wildman–Crippen MR) is 84.7 cm³/mol. The van der Waals surface area contributed by atoms with Gasteiger partial charge in [0.1, 0.15) is 0 Å². The van der Waals surface area contributed by atoms with Crippen LogP contribution in [0.25, 0.3) is 10.9 Å². The minimum atomic E-state index is 0.622.